The lowest BCUT2D eigenvalue weighted by Gasteiger charge is -2.37. The summed E-state index contributed by atoms with van der Waals surface area (Å²) in [5.41, 5.74) is 2.19. The summed E-state index contributed by atoms with van der Waals surface area (Å²) in [4.78, 5) is 15.7. The number of rotatable bonds is 8. The van der Waals surface area contributed by atoms with Gasteiger partial charge in [0.1, 0.15) is 0 Å². The molecular formula is C29H39ClN2O. The van der Waals surface area contributed by atoms with Gasteiger partial charge in [-0.2, -0.15) is 0 Å². The van der Waals surface area contributed by atoms with Crippen molar-refractivity contribution in [3.05, 3.63) is 70.7 Å². The summed E-state index contributed by atoms with van der Waals surface area (Å²) in [7, 11) is 4.41. The molecule has 0 bridgehead atoms. The molecule has 0 saturated heterocycles. The highest BCUT2D eigenvalue weighted by Crippen LogP contribution is 2.42. The van der Waals surface area contributed by atoms with E-state index < -0.39 is 0 Å². The Balaban J connectivity index is 1.28. The van der Waals surface area contributed by atoms with Crippen LogP contribution in [0.4, 0.5) is 0 Å². The van der Waals surface area contributed by atoms with Gasteiger partial charge >= 0.3 is 0 Å². The fraction of sp³-hybridized carbons (Fsp3) is 0.552. The maximum absolute atomic E-state index is 13.3. The highest BCUT2D eigenvalue weighted by molar-refractivity contribution is 6.30. The lowest BCUT2D eigenvalue weighted by atomic mass is 9.75. The maximum Gasteiger partial charge on any atom is 0.230 e. The topological polar surface area (TPSA) is 32.3 Å². The van der Waals surface area contributed by atoms with Crippen molar-refractivity contribution in [3.8, 4) is 0 Å². The van der Waals surface area contributed by atoms with Gasteiger partial charge in [0.2, 0.25) is 5.91 Å². The summed E-state index contributed by atoms with van der Waals surface area (Å²) in [6.07, 6.45) is 10.3. The predicted octanol–water partition coefficient (Wildman–Crippen LogP) is 6.77. The minimum atomic E-state index is -0.364. The number of amides is 1. The molecule has 1 amide bonds. The normalized spacial score (nSPS) is 23.4. The van der Waals surface area contributed by atoms with Crippen LogP contribution in [-0.2, 0) is 10.2 Å². The second kappa shape index (κ2) is 11.1. The number of nitrogens with one attached hydrogen (secondary N) is 1. The standard InChI is InChI=1S/C29H39ClN2O/c1-32(2)27(23-8-4-3-5-9-23)24-12-10-22(11-13-24)18-21-31-28(33)29(19-6-7-20-29)25-14-16-26(30)17-15-25/h3-5,8-9,14-17,22,24,27H,6-7,10-13,18-21H2,1-2H3,(H,31,33). The third kappa shape index (κ3) is 5.63. The highest BCUT2D eigenvalue weighted by Gasteiger charge is 2.42. The second-order valence-corrected chi connectivity index (χ2v) is 10.9. The van der Waals surface area contributed by atoms with Gasteiger partial charge in [0.15, 0.2) is 0 Å². The van der Waals surface area contributed by atoms with Gasteiger partial charge in [0.25, 0.3) is 0 Å². The second-order valence-electron chi connectivity index (χ2n) is 10.4. The van der Waals surface area contributed by atoms with Gasteiger partial charge < -0.3 is 10.2 Å². The Labute approximate surface area is 204 Å². The molecule has 1 N–H and O–H groups in total. The first-order valence-electron chi connectivity index (χ1n) is 12.8. The molecule has 178 valence electrons. The van der Waals surface area contributed by atoms with Crippen LogP contribution in [0.5, 0.6) is 0 Å². The van der Waals surface area contributed by atoms with Crippen LogP contribution in [0, 0.1) is 11.8 Å². The highest BCUT2D eigenvalue weighted by atomic mass is 35.5. The first-order chi connectivity index (χ1) is 16.0. The average molecular weight is 467 g/mol. The molecule has 0 spiro atoms. The number of hydrogen-bond acceptors (Lipinski definition) is 2. The summed E-state index contributed by atoms with van der Waals surface area (Å²) >= 11 is 6.09. The molecule has 2 saturated carbocycles. The van der Waals surface area contributed by atoms with E-state index in [1.54, 1.807) is 0 Å². The van der Waals surface area contributed by atoms with Crippen molar-refractivity contribution in [2.75, 3.05) is 20.6 Å². The van der Waals surface area contributed by atoms with Crippen molar-refractivity contribution >= 4 is 17.5 Å². The summed E-state index contributed by atoms with van der Waals surface area (Å²) in [6.45, 7) is 0.791. The molecule has 2 aliphatic rings. The number of carbonyl (C=O) groups excluding carboxylic acids is 1. The van der Waals surface area contributed by atoms with E-state index in [1.807, 2.05) is 24.3 Å². The van der Waals surface area contributed by atoms with Crippen LogP contribution in [0.2, 0.25) is 5.02 Å². The molecule has 0 aromatic heterocycles. The Morgan fingerprint density at radius 2 is 1.64 bits per heavy atom. The Kier molecular flexibility index (Phi) is 8.14. The van der Waals surface area contributed by atoms with Gasteiger partial charge in [0.05, 0.1) is 5.41 Å². The summed E-state index contributed by atoms with van der Waals surface area (Å²) in [5.74, 6) is 1.64. The number of halogens is 1. The van der Waals surface area contributed by atoms with Crippen molar-refractivity contribution in [1.29, 1.82) is 0 Å². The zero-order valence-electron chi connectivity index (χ0n) is 20.2. The van der Waals surface area contributed by atoms with Crippen LogP contribution in [0.25, 0.3) is 0 Å². The summed E-state index contributed by atoms with van der Waals surface area (Å²) in [5, 5.41) is 4.05. The van der Waals surface area contributed by atoms with Crippen molar-refractivity contribution in [1.82, 2.24) is 10.2 Å². The zero-order chi connectivity index (χ0) is 23.3. The molecule has 0 radical (unpaired) electrons. The number of nitrogens with zero attached hydrogens (tertiary/aromatic N) is 1. The molecule has 3 nitrogen and oxygen atoms in total. The zero-order valence-corrected chi connectivity index (χ0v) is 21.0. The minimum Gasteiger partial charge on any atom is -0.355 e. The molecule has 1 unspecified atom stereocenters. The Hall–Kier alpha value is -1.84. The third-order valence-corrected chi connectivity index (χ3v) is 8.41. The van der Waals surface area contributed by atoms with Crippen molar-refractivity contribution in [2.24, 2.45) is 11.8 Å². The first kappa shape index (κ1) is 24.3. The van der Waals surface area contributed by atoms with E-state index in [4.69, 9.17) is 11.6 Å². The van der Waals surface area contributed by atoms with E-state index in [0.717, 1.165) is 55.2 Å². The van der Waals surface area contributed by atoms with E-state index >= 15 is 0 Å². The van der Waals surface area contributed by atoms with Gasteiger partial charge in [-0.3, -0.25) is 4.79 Å². The number of hydrogen-bond donors (Lipinski definition) is 1. The number of benzene rings is 2. The molecular weight excluding hydrogens is 428 g/mol. The van der Waals surface area contributed by atoms with Crippen LogP contribution in [0.1, 0.15) is 75.0 Å². The number of carbonyl (C=O) groups is 1. The van der Waals surface area contributed by atoms with Crippen molar-refractivity contribution in [3.63, 3.8) is 0 Å². The summed E-state index contributed by atoms with van der Waals surface area (Å²) < 4.78 is 0. The van der Waals surface area contributed by atoms with E-state index in [2.05, 4.69) is 54.6 Å². The Bertz CT molecular complexity index is 882. The molecule has 2 aromatic carbocycles. The lowest BCUT2D eigenvalue weighted by Crippen LogP contribution is -2.43. The van der Waals surface area contributed by atoms with Crippen LogP contribution < -0.4 is 5.32 Å². The van der Waals surface area contributed by atoms with E-state index in [1.165, 1.54) is 31.2 Å². The van der Waals surface area contributed by atoms with Crippen LogP contribution in [-0.4, -0.2) is 31.4 Å². The lowest BCUT2D eigenvalue weighted by molar-refractivity contribution is -0.126. The Morgan fingerprint density at radius 1 is 1.00 bits per heavy atom. The first-order valence-corrected chi connectivity index (χ1v) is 13.1. The van der Waals surface area contributed by atoms with E-state index in [-0.39, 0.29) is 11.3 Å². The molecule has 33 heavy (non-hydrogen) atoms. The summed E-state index contributed by atoms with van der Waals surface area (Å²) in [6, 6.07) is 19.4. The SMILES string of the molecule is CN(C)C(c1ccccc1)C1CCC(CCNC(=O)C2(c3ccc(Cl)cc3)CCCC2)CC1. The van der Waals surface area contributed by atoms with Crippen molar-refractivity contribution < 1.29 is 4.79 Å². The molecule has 2 aliphatic carbocycles. The van der Waals surface area contributed by atoms with E-state index in [0.29, 0.717) is 12.0 Å². The molecule has 1 atom stereocenters. The monoisotopic (exact) mass is 466 g/mol. The molecule has 2 aromatic rings. The maximum atomic E-state index is 13.3. The van der Waals surface area contributed by atoms with Gasteiger partial charge in [-0.25, -0.2) is 0 Å². The van der Waals surface area contributed by atoms with E-state index in [9.17, 15) is 4.79 Å². The third-order valence-electron chi connectivity index (χ3n) is 8.16. The molecule has 4 heteroatoms. The molecule has 0 aliphatic heterocycles. The fourth-order valence-electron chi connectivity index (χ4n) is 6.39. The Morgan fingerprint density at radius 3 is 2.24 bits per heavy atom. The van der Waals surface area contributed by atoms with Gasteiger partial charge in [-0.05, 0) is 81.3 Å². The van der Waals surface area contributed by atoms with Gasteiger partial charge in [0, 0.05) is 17.6 Å². The quantitative estimate of drug-likeness (QED) is 0.465. The smallest absolute Gasteiger partial charge is 0.230 e. The van der Waals surface area contributed by atoms with Crippen LogP contribution in [0.15, 0.2) is 54.6 Å². The predicted molar refractivity (Wildman–Crippen MR) is 138 cm³/mol. The van der Waals surface area contributed by atoms with Crippen molar-refractivity contribution in [2.45, 2.75) is 69.2 Å². The molecule has 4 rings (SSSR count). The minimum absolute atomic E-state index is 0.216. The average Bonchev–Trinajstić information content (AvgIpc) is 3.32. The van der Waals surface area contributed by atoms with Crippen LogP contribution in [0.3, 0.4) is 0 Å². The largest absolute Gasteiger partial charge is 0.355 e. The van der Waals surface area contributed by atoms with Crippen LogP contribution >= 0.6 is 11.6 Å². The van der Waals surface area contributed by atoms with Gasteiger partial charge in [-0.15, -0.1) is 0 Å². The van der Waals surface area contributed by atoms with Gasteiger partial charge in [-0.1, -0.05) is 79.7 Å². The molecule has 2 fully saturated rings. The fourth-order valence-corrected chi connectivity index (χ4v) is 6.51. The molecule has 0 heterocycles.